The zero-order valence-corrected chi connectivity index (χ0v) is 12.8. The molecule has 20 heavy (non-hydrogen) atoms. The Morgan fingerprint density at radius 2 is 2.25 bits per heavy atom. The fraction of sp³-hybridized carbons (Fsp3) is 0.429. The van der Waals surface area contributed by atoms with Gasteiger partial charge >= 0.3 is 5.97 Å². The largest absolute Gasteiger partial charge is 0.469 e. The van der Waals surface area contributed by atoms with E-state index in [1.165, 1.54) is 7.11 Å². The summed E-state index contributed by atoms with van der Waals surface area (Å²) in [7, 11) is 1.38. The van der Waals surface area contributed by atoms with Crippen LogP contribution in [0.3, 0.4) is 0 Å². The number of carbonyl (C=O) groups excluding carboxylic acids is 2. The summed E-state index contributed by atoms with van der Waals surface area (Å²) < 4.78 is 5.65. The highest BCUT2D eigenvalue weighted by Gasteiger charge is 2.35. The van der Waals surface area contributed by atoms with Crippen LogP contribution in [0, 0.1) is 5.92 Å². The minimum absolute atomic E-state index is 0.186. The maximum atomic E-state index is 11.8. The molecule has 6 heteroatoms. The van der Waals surface area contributed by atoms with E-state index < -0.39 is 11.9 Å². The number of benzene rings is 1. The molecule has 1 fully saturated rings. The first kappa shape index (κ1) is 15.0. The van der Waals surface area contributed by atoms with Gasteiger partial charge in [-0.25, -0.2) is 0 Å². The average Bonchev–Trinajstić information content (AvgIpc) is 2.87. The second kappa shape index (κ2) is 6.37. The quantitative estimate of drug-likeness (QED) is 0.842. The van der Waals surface area contributed by atoms with Gasteiger partial charge in [0.15, 0.2) is 0 Å². The summed E-state index contributed by atoms with van der Waals surface area (Å²) in [5, 5.41) is 0. The van der Waals surface area contributed by atoms with Crippen LogP contribution >= 0.6 is 15.9 Å². The van der Waals surface area contributed by atoms with Crippen molar-refractivity contribution in [1.29, 1.82) is 0 Å². The molecule has 1 aromatic rings. The summed E-state index contributed by atoms with van der Waals surface area (Å²) in [6, 6.07) is 6.99. The number of methoxy groups -OCH3 is 1. The molecule has 1 heterocycles. The molecule has 0 aromatic heterocycles. The lowest BCUT2D eigenvalue weighted by Gasteiger charge is -2.25. The number of hydrogen-bond acceptors (Lipinski definition) is 4. The van der Waals surface area contributed by atoms with Crippen molar-refractivity contribution in [1.82, 2.24) is 4.90 Å². The van der Waals surface area contributed by atoms with Crippen molar-refractivity contribution in [2.75, 3.05) is 20.2 Å². The lowest BCUT2D eigenvalue weighted by atomic mass is 10.0. The highest BCUT2D eigenvalue weighted by Crippen LogP contribution is 2.29. The van der Waals surface area contributed by atoms with Crippen molar-refractivity contribution in [2.45, 2.75) is 12.5 Å². The number of hydrogen-bond donors (Lipinski definition) is 1. The number of amides is 1. The predicted octanol–water partition coefficient (Wildman–Crippen LogP) is 1.47. The van der Waals surface area contributed by atoms with Crippen molar-refractivity contribution < 1.29 is 14.3 Å². The summed E-state index contributed by atoms with van der Waals surface area (Å²) >= 11 is 3.39. The Morgan fingerprint density at radius 1 is 1.50 bits per heavy atom. The molecule has 1 aliphatic heterocycles. The number of halogens is 1. The zero-order valence-electron chi connectivity index (χ0n) is 11.2. The number of likely N-dealkylation sites (tertiary alicyclic amines) is 1. The Hall–Kier alpha value is -1.40. The van der Waals surface area contributed by atoms with E-state index in [4.69, 9.17) is 10.5 Å². The molecule has 0 aliphatic carbocycles. The first-order valence-electron chi connectivity index (χ1n) is 6.39. The fourth-order valence-corrected chi connectivity index (χ4v) is 3.03. The summed E-state index contributed by atoms with van der Waals surface area (Å²) in [6.07, 6.45) is 0.685. The van der Waals surface area contributed by atoms with Crippen LogP contribution in [0.1, 0.15) is 18.0 Å². The van der Waals surface area contributed by atoms with Crippen LogP contribution in [-0.4, -0.2) is 37.0 Å². The molecular weight excluding hydrogens is 324 g/mol. The van der Waals surface area contributed by atoms with Crippen LogP contribution in [0.5, 0.6) is 0 Å². The van der Waals surface area contributed by atoms with Crippen molar-refractivity contribution in [3.63, 3.8) is 0 Å². The molecule has 1 aromatic carbocycles. The van der Waals surface area contributed by atoms with Crippen LogP contribution in [0.4, 0.5) is 0 Å². The molecule has 1 saturated heterocycles. The molecule has 108 valence electrons. The van der Waals surface area contributed by atoms with E-state index in [1.54, 1.807) is 0 Å². The Kier molecular flexibility index (Phi) is 4.77. The van der Waals surface area contributed by atoms with E-state index in [2.05, 4.69) is 15.9 Å². The normalized spacial score (nSPS) is 20.6. The van der Waals surface area contributed by atoms with E-state index >= 15 is 0 Å². The molecule has 0 radical (unpaired) electrons. The van der Waals surface area contributed by atoms with Gasteiger partial charge in [0.2, 0.25) is 5.91 Å². The van der Waals surface area contributed by atoms with Crippen LogP contribution < -0.4 is 5.73 Å². The molecule has 0 saturated carbocycles. The molecule has 1 amide bonds. The molecule has 2 N–H and O–H groups in total. The van der Waals surface area contributed by atoms with E-state index in [0.717, 1.165) is 10.0 Å². The van der Waals surface area contributed by atoms with Crippen LogP contribution in [0.2, 0.25) is 0 Å². The summed E-state index contributed by atoms with van der Waals surface area (Å²) in [5.41, 5.74) is 6.37. The van der Waals surface area contributed by atoms with Gasteiger partial charge < -0.3 is 10.5 Å². The standard InChI is InChI=1S/C14H17BrN2O3/c1-20-14(19)10-5-6-17(8-10)12(13(16)18)9-3-2-4-11(15)7-9/h2-4,7,10,12H,5-6,8H2,1H3,(H2,16,18)/t10-,12-/m1/s1. The van der Waals surface area contributed by atoms with E-state index in [0.29, 0.717) is 19.5 Å². The van der Waals surface area contributed by atoms with Gasteiger partial charge in [-0.05, 0) is 24.1 Å². The second-order valence-corrected chi connectivity index (χ2v) is 5.78. The first-order valence-corrected chi connectivity index (χ1v) is 7.19. The zero-order chi connectivity index (χ0) is 14.7. The Balaban J connectivity index is 2.19. The van der Waals surface area contributed by atoms with Gasteiger partial charge in [0.25, 0.3) is 0 Å². The average molecular weight is 341 g/mol. The van der Waals surface area contributed by atoms with Gasteiger partial charge in [-0.2, -0.15) is 0 Å². The summed E-state index contributed by atoms with van der Waals surface area (Å²) in [6.45, 7) is 1.15. The molecule has 1 aliphatic rings. The van der Waals surface area contributed by atoms with Crippen LogP contribution in [0.15, 0.2) is 28.7 Å². The van der Waals surface area contributed by atoms with Crippen LogP contribution in [-0.2, 0) is 14.3 Å². The second-order valence-electron chi connectivity index (χ2n) is 4.86. The third-order valence-electron chi connectivity index (χ3n) is 3.55. The summed E-state index contributed by atoms with van der Waals surface area (Å²) in [4.78, 5) is 25.3. The maximum Gasteiger partial charge on any atom is 0.310 e. The minimum Gasteiger partial charge on any atom is -0.469 e. The van der Waals surface area contributed by atoms with Crippen molar-refractivity contribution >= 4 is 27.8 Å². The molecule has 2 atom stereocenters. The van der Waals surface area contributed by atoms with Gasteiger partial charge in [-0.1, -0.05) is 28.1 Å². The van der Waals surface area contributed by atoms with E-state index in [1.807, 2.05) is 29.2 Å². The van der Waals surface area contributed by atoms with E-state index in [-0.39, 0.29) is 11.9 Å². The van der Waals surface area contributed by atoms with E-state index in [9.17, 15) is 9.59 Å². The minimum atomic E-state index is -0.512. The number of ether oxygens (including phenoxy) is 1. The number of rotatable bonds is 4. The third-order valence-corrected chi connectivity index (χ3v) is 4.05. The summed E-state index contributed by atoms with van der Waals surface area (Å²) in [5.74, 6) is -0.826. The molecule has 0 bridgehead atoms. The van der Waals surface area contributed by atoms with Gasteiger partial charge in [0.1, 0.15) is 6.04 Å². The number of nitrogens with zero attached hydrogens (tertiary/aromatic N) is 1. The third kappa shape index (κ3) is 3.19. The number of primary amides is 1. The lowest BCUT2D eigenvalue weighted by Crippen LogP contribution is -2.37. The van der Waals surface area contributed by atoms with Crippen LogP contribution in [0.25, 0.3) is 0 Å². The van der Waals surface area contributed by atoms with Gasteiger partial charge in [0, 0.05) is 17.6 Å². The highest BCUT2D eigenvalue weighted by atomic mass is 79.9. The van der Waals surface area contributed by atoms with Gasteiger partial charge in [0.05, 0.1) is 13.0 Å². The topological polar surface area (TPSA) is 72.6 Å². The molecule has 5 nitrogen and oxygen atoms in total. The number of esters is 1. The predicted molar refractivity (Wildman–Crippen MR) is 77.8 cm³/mol. The molecule has 0 spiro atoms. The monoisotopic (exact) mass is 340 g/mol. The first-order chi connectivity index (χ1) is 9.52. The molecule has 0 unspecified atom stereocenters. The Bertz CT molecular complexity index is 521. The molecule has 2 rings (SSSR count). The SMILES string of the molecule is COC(=O)[C@@H]1CCN([C@@H](C(N)=O)c2cccc(Br)c2)C1. The molecular formula is C14H17BrN2O3. The highest BCUT2D eigenvalue weighted by molar-refractivity contribution is 9.10. The van der Waals surface area contributed by atoms with Crippen molar-refractivity contribution in [3.05, 3.63) is 34.3 Å². The number of carbonyl (C=O) groups is 2. The maximum absolute atomic E-state index is 11.8. The fourth-order valence-electron chi connectivity index (χ4n) is 2.61. The van der Waals surface area contributed by atoms with Gasteiger partial charge in [-0.3, -0.25) is 14.5 Å². The smallest absolute Gasteiger partial charge is 0.310 e. The van der Waals surface area contributed by atoms with Crippen molar-refractivity contribution in [2.24, 2.45) is 11.7 Å². The Morgan fingerprint density at radius 3 is 2.85 bits per heavy atom. The van der Waals surface area contributed by atoms with Gasteiger partial charge in [-0.15, -0.1) is 0 Å². The number of nitrogens with two attached hydrogens (primary N) is 1. The van der Waals surface area contributed by atoms with Crippen molar-refractivity contribution in [3.8, 4) is 0 Å². The Labute approximate surface area is 126 Å². The lowest BCUT2D eigenvalue weighted by molar-refractivity contribution is -0.145.